The molecule has 0 spiro atoms. The molecule has 3 rings (SSSR count). The van der Waals surface area contributed by atoms with Crippen LogP contribution in [0.1, 0.15) is 5.69 Å². The molecule has 6 nitrogen and oxygen atoms in total. The van der Waals surface area contributed by atoms with Crippen LogP contribution in [-0.2, 0) is 15.6 Å². The Labute approximate surface area is 131 Å². The van der Waals surface area contributed by atoms with Gasteiger partial charge in [0.25, 0.3) is 0 Å². The molecule has 0 radical (unpaired) electrons. The van der Waals surface area contributed by atoms with Crippen molar-refractivity contribution in [1.82, 2.24) is 15.2 Å². The Morgan fingerprint density at radius 1 is 1.05 bits per heavy atom. The van der Waals surface area contributed by atoms with Crippen LogP contribution in [-0.4, -0.2) is 23.6 Å². The van der Waals surface area contributed by atoms with Crippen LogP contribution >= 0.6 is 11.6 Å². The van der Waals surface area contributed by atoms with E-state index in [0.717, 1.165) is 0 Å². The van der Waals surface area contributed by atoms with Crippen molar-refractivity contribution in [3.63, 3.8) is 0 Å². The summed E-state index contributed by atoms with van der Waals surface area (Å²) in [5, 5.41) is 7.52. The monoisotopic (exact) mass is 335 g/mol. The van der Waals surface area contributed by atoms with Gasteiger partial charge in [-0.2, -0.15) is 0 Å². The largest absolute Gasteiger partial charge is 0.408 e. The minimum absolute atomic E-state index is 0.122. The number of sulfone groups is 1. The molecule has 0 atom stereocenters. The van der Waals surface area contributed by atoms with Gasteiger partial charge in [0.2, 0.25) is 15.7 Å². The van der Waals surface area contributed by atoms with Crippen LogP contribution in [0, 0.1) is 0 Å². The van der Waals surface area contributed by atoms with Gasteiger partial charge in [-0.05, 0) is 36.4 Å². The second-order valence-electron chi connectivity index (χ2n) is 4.46. The van der Waals surface area contributed by atoms with E-state index in [1.54, 1.807) is 42.5 Å². The van der Waals surface area contributed by atoms with Gasteiger partial charge in [0.05, 0.1) is 5.69 Å². The number of nitrogens with zero attached hydrogens (tertiary/aromatic N) is 3. The fraction of sp³-hybridized carbons (Fsp3) is 0.0714. The molecule has 112 valence electrons. The van der Waals surface area contributed by atoms with Gasteiger partial charge in [0, 0.05) is 16.8 Å². The normalized spacial score (nSPS) is 11.5. The summed E-state index contributed by atoms with van der Waals surface area (Å²) < 4.78 is 29.8. The van der Waals surface area contributed by atoms with Crippen molar-refractivity contribution in [3.05, 3.63) is 59.4 Å². The molecule has 0 saturated heterocycles. The summed E-state index contributed by atoms with van der Waals surface area (Å²) in [6, 6.07) is 11.7. The van der Waals surface area contributed by atoms with Crippen molar-refractivity contribution in [3.8, 4) is 11.5 Å². The fourth-order valence-electron chi connectivity index (χ4n) is 1.78. The second kappa shape index (κ2) is 5.86. The zero-order valence-corrected chi connectivity index (χ0v) is 12.8. The van der Waals surface area contributed by atoms with Gasteiger partial charge < -0.3 is 4.42 Å². The first-order valence-corrected chi connectivity index (χ1v) is 8.30. The van der Waals surface area contributed by atoms with Gasteiger partial charge in [0.1, 0.15) is 5.75 Å². The summed E-state index contributed by atoms with van der Waals surface area (Å²) >= 11 is 5.80. The molecule has 0 N–H and O–H groups in total. The van der Waals surface area contributed by atoms with Crippen molar-refractivity contribution in [1.29, 1.82) is 0 Å². The Balaban J connectivity index is 1.88. The lowest BCUT2D eigenvalue weighted by Crippen LogP contribution is -2.06. The number of aromatic nitrogens is 3. The van der Waals surface area contributed by atoms with Crippen molar-refractivity contribution in [2.45, 2.75) is 11.0 Å². The first-order valence-electron chi connectivity index (χ1n) is 6.27. The third-order valence-corrected chi connectivity index (χ3v) is 4.45. The Hall–Kier alpha value is -2.25. The number of hydrogen-bond acceptors (Lipinski definition) is 6. The number of rotatable bonds is 4. The molecule has 2 aromatic heterocycles. The van der Waals surface area contributed by atoms with Gasteiger partial charge in [-0.1, -0.05) is 22.8 Å². The van der Waals surface area contributed by atoms with E-state index >= 15 is 0 Å². The Bertz CT molecular complexity index is 877. The molecular formula is C14H10ClN3O3S. The van der Waals surface area contributed by atoms with Crippen LogP contribution in [0.3, 0.4) is 0 Å². The summed E-state index contributed by atoms with van der Waals surface area (Å²) in [5.74, 6) is -0.174. The smallest absolute Gasteiger partial charge is 0.336 e. The highest BCUT2D eigenvalue weighted by Gasteiger charge is 2.24. The van der Waals surface area contributed by atoms with Crippen LogP contribution in [0.25, 0.3) is 11.5 Å². The number of halogens is 1. The molecule has 0 saturated carbocycles. The Morgan fingerprint density at radius 3 is 2.50 bits per heavy atom. The van der Waals surface area contributed by atoms with Gasteiger partial charge in [-0.15, -0.1) is 5.10 Å². The average Bonchev–Trinajstić information content (AvgIpc) is 2.99. The lowest BCUT2D eigenvalue weighted by Gasteiger charge is -1.98. The van der Waals surface area contributed by atoms with Gasteiger partial charge in [-0.3, -0.25) is 4.98 Å². The maximum absolute atomic E-state index is 12.2. The molecule has 0 amide bonds. The highest BCUT2D eigenvalue weighted by atomic mass is 35.5. The third kappa shape index (κ3) is 3.15. The lowest BCUT2D eigenvalue weighted by molar-refractivity contribution is 0.439. The van der Waals surface area contributed by atoms with E-state index in [0.29, 0.717) is 16.3 Å². The van der Waals surface area contributed by atoms with E-state index in [2.05, 4.69) is 15.2 Å². The van der Waals surface area contributed by atoms with E-state index in [1.165, 1.54) is 6.20 Å². The molecule has 0 fully saturated rings. The van der Waals surface area contributed by atoms with E-state index < -0.39 is 15.1 Å². The number of benzene rings is 1. The SMILES string of the molecule is O=S(=O)(Cc1ccccn1)c1nnc(-c2ccc(Cl)cc2)o1. The zero-order valence-electron chi connectivity index (χ0n) is 11.2. The zero-order chi connectivity index (χ0) is 15.6. The molecule has 0 aliphatic heterocycles. The molecule has 8 heteroatoms. The Morgan fingerprint density at radius 2 is 1.82 bits per heavy atom. The third-order valence-electron chi connectivity index (χ3n) is 2.83. The van der Waals surface area contributed by atoms with Crippen molar-refractivity contribution >= 4 is 21.4 Å². The van der Waals surface area contributed by atoms with Gasteiger partial charge >= 0.3 is 5.22 Å². The molecule has 0 aliphatic carbocycles. The maximum Gasteiger partial charge on any atom is 0.336 e. The summed E-state index contributed by atoms with van der Waals surface area (Å²) in [5.41, 5.74) is 1.00. The van der Waals surface area contributed by atoms with Crippen LogP contribution in [0.2, 0.25) is 5.02 Å². The predicted octanol–water partition coefficient (Wildman–Crippen LogP) is 2.76. The summed E-state index contributed by atoms with van der Waals surface area (Å²) in [4.78, 5) is 3.98. The quantitative estimate of drug-likeness (QED) is 0.728. The lowest BCUT2D eigenvalue weighted by atomic mass is 10.2. The summed E-state index contributed by atoms with van der Waals surface area (Å²) in [7, 11) is -3.74. The first-order chi connectivity index (χ1) is 10.5. The standard InChI is InChI=1S/C14H10ClN3O3S/c15-11-6-4-10(5-7-11)13-17-18-14(21-13)22(19,20)9-12-3-1-2-8-16-12/h1-8H,9H2. The number of pyridine rings is 1. The molecule has 0 unspecified atom stereocenters. The van der Waals surface area contributed by atoms with E-state index in [9.17, 15) is 8.42 Å². The van der Waals surface area contributed by atoms with Crippen LogP contribution < -0.4 is 0 Å². The molecule has 0 bridgehead atoms. The molecule has 2 heterocycles. The first kappa shape index (κ1) is 14.7. The summed E-state index contributed by atoms with van der Waals surface area (Å²) in [6.07, 6.45) is 1.53. The molecular weight excluding hydrogens is 326 g/mol. The Kier molecular flexibility index (Phi) is 3.91. The van der Waals surface area contributed by atoms with Crippen molar-refractivity contribution in [2.75, 3.05) is 0 Å². The second-order valence-corrected chi connectivity index (χ2v) is 6.76. The molecule has 1 aromatic carbocycles. The molecule has 3 aromatic rings. The average molecular weight is 336 g/mol. The maximum atomic E-state index is 12.2. The van der Waals surface area contributed by atoms with Crippen LogP contribution in [0.4, 0.5) is 0 Å². The minimum atomic E-state index is -3.74. The van der Waals surface area contributed by atoms with Crippen LogP contribution in [0.15, 0.2) is 58.3 Å². The van der Waals surface area contributed by atoms with E-state index in [1.807, 2.05) is 0 Å². The minimum Gasteiger partial charge on any atom is -0.408 e. The molecule has 22 heavy (non-hydrogen) atoms. The summed E-state index contributed by atoms with van der Waals surface area (Å²) in [6.45, 7) is 0. The van der Waals surface area contributed by atoms with Gasteiger partial charge in [0.15, 0.2) is 0 Å². The van der Waals surface area contributed by atoms with E-state index in [-0.39, 0.29) is 11.6 Å². The topological polar surface area (TPSA) is 86.0 Å². The van der Waals surface area contributed by atoms with Crippen molar-refractivity contribution < 1.29 is 12.8 Å². The van der Waals surface area contributed by atoms with Crippen molar-refractivity contribution in [2.24, 2.45) is 0 Å². The fourth-order valence-corrected chi connectivity index (χ4v) is 2.97. The van der Waals surface area contributed by atoms with E-state index in [4.69, 9.17) is 16.0 Å². The number of hydrogen-bond donors (Lipinski definition) is 0. The predicted molar refractivity (Wildman–Crippen MR) is 79.9 cm³/mol. The molecule has 0 aliphatic rings. The van der Waals surface area contributed by atoms with Crippen LogP contribution in [0.5, 0.6) is 0 Å². The highest BCUT2D eigenvalue weighted by molar-refractivity contribution is 7.90. The highest BCUT2D eigenvalue weighted by Crippen LogP contribution is 2.23. The van der Waals surface area contributed by atoms with Gasteiger partial charge in [-0.25, -0.2) is 8.42 Å².